The standard InChI is InChI=1S/C16H19NO/c1-4-11-16-13(6-1)7-5-8-14(16)12-17-18-15-9-2-3-10-15/h1,4-8,11,15,17H,2-3,9-10,12H2. The first kappa shape index (κ1) is 11.7. The molecule has 0 saturated heterocycles. The third-order valence-corrected chi connectivity index (χ3v) is 3.69. The van der Waals surface area contributed by atoms with E-state index in [2.05, 4.69) is 47.9 Å². The summed E-state index contributed by atoms with van der Waals surface area (Å²) in [7, 11) is 0. The van der Waals surface area contributed by atoms with Gasteiger partial charge in [0.25, 0.3) is 0 Å². The lowest BCUT2D eigenvalue weighted by molar-refractivity contribution is -0.0242. The molecule has 0 heterocycles. The molecule has 1 aliphatic carbocycles. The summed E-state index contributed by atoms with van der Waals surface area (Å²) >= 11 is 0. The van der Waals surface area contributed by atoms with Crippen molar-refractivity contribution in [3.05, 3.63) is 48.0 Å². The van der Waals surface area contributed by atoms with Gasteiger partial charge in [-0.15, -0.1) is 0 Å². The fourth-order valence-corrected chi connectivity index (χ4v) is 2.69. The van der Waals surface area contributed by atoms with E-state index in [1.807, 2.05) is 0 Å². The van der Waals surface area contributed by atoms with Gasteiger partial charge in [-0.05, 0) is 29.2 Å². The van der Waals surface area contributed by atoms with Gasteiger partial charge in [0.05, 0.1) is 6.10 Å². The van der Waals surface area contributed by atoms with E-state index in [1.54, 1.807) is 0 Å². The minimum Gasteiger partial charge on any atom is -0.298 e. The smallest absolute Gasteiger partial charge is 0.0790 e. The number of rotatable bonds is 4. The van der Waals surface area contributed by atoms with Crippen LogP contribution in [0.4, 0.5) is 0 Å². The van der Waals surface area contributed by atoms with Crippen molar-refractivity contribution < 1.29 is 4.84 Å². The van der Waals surface area contributed by atoms with Gasteiger partial charge in [0.1, 0.15) is 0 Å². The number of benzene rings is 2. The van der Waals surface area contributed by atoms with Crippen molar-refractivity contribution in [1.82, 2.24) is 5.48 Å². The molecule has 0 bridgehead atoms. The Hall–Kier alpha value is -1.38. The Labute approximate surface area is 108 Å². The number of hydroxylamine groups is 1. The molecule has 2 heteroatoms. The van der Waals surface area contributed by atoms with E-state index in [0.29, 0.717) is 6.10 Å². The molecular weight excluding hydrogens is 222 g/mol. The number of hydrogen-bond acceptors (Lipinski definition) is 2. The Bertz CT molecular complexity index is 512. The first-order valence-corrected chi connectivity index (χ1v) is 6.78. The van der Waals surface area contributed by atoms with Gasteiger partial charge in [0, 0.05) is 6.54 Å². The van der Waals surface area contributed by atoms with Gasteiger partial charge in [0.15, 0.2) is 0 Å². The van der Waals surface area contributed by atoms with E-state index in [-0.39, 0.29) is 0 Å². The summed E-state index contributed by atoms with van der Waals surface area (Å²) in [4.78, 5) is 5.71. The lowest BCUT2D eigenvalue weighted by Crippen LogP contribution is -2.21. The van der Waals surface area contributed by atoms with Crippen molar-refractivity contribution in [3.63, 3.8) is 0 Å². The third-order valence-electron chi connectivity index (χ3n) is 3.69. The molecule has 1 aliphatic rings. The van der Waals surface area contributed by atoms with E-state index in [9.17, 15) is 0 Å². The Kier molecular flexibility index (Phi) is 3.58. The molecule has 0 unspecified atom stereocenters. The topological polar surface area (TPSA) is 21.3 Å². The third kappa shape index (κ3) is 2.55. The monoisotopic (exact) mass is 241 g/mol. The molecule has 0 aliphatic heterocycles. The number of hydrogen-bond donors (Lipinski definition) is 1. The zero-order valence-electron chi connectivity index (χ0n) is 10.6. The minimum absolute atomic E-state index is 0.417. The summed E-state index contributed by atoms with van der Waals surface area (Å²) < 4.78 is 0. The normalized spacial score (nSPS) is 16.4. The molecule has 2 aromatic carbocycles. The molecule has 1 saturated carbocycles. The van der Waals surface area contributed by atoms with Crippen LogP contribution in [-0.2, 0) is 11.4 Å². The Morgan fingerprint density at radius 3 is 2.67 bits per heavy atom. The van der Waals surface area contributed by atoms with Gasteiger partial charge in [-0.2, -0.15) is 5.48 Å². The van der Waals surface area contributed by atoms with Crippen LogP contribution in [0.3, 0.4) is 0 Å². The molecular formula is C16H19NO. The maximum absolute atomic E-state index is 5.71. The average Bonchev–Trinajstić information content (AvgIpc) is 2.92. The second kappa shape index (κ2) is 5.51. The highest BCUT2D eigenvalue weighted by molar-refractivity contribution is 5.85. The minimum atomic E-state index is 0.417. The molecule has 0 atom stereocenters. The second-order valence-electron chi connectivity index (χ2n) is 4.98. The number of nitrogens with one attached hydrogen (secondary N) is 1. The average molecular weight is 241 g/mol. The summed E-state index contributed by atoms with van der Waals surface area (Å²) in [5.74, 6) is 0. The second-order valence-corrected chi connectivity index (χ2v) is 4.98. The Balaban J connectivity index is 1.66. The van der Waals surface area contributed by atoms with Crippen molar-refractivity contribution in [2.24, 2.45) is 0 Å². The Morgan fingerprint density at radius 1 is 1.00 bits per heavy atom. The van der Waals surface area contributed by atoms with Crippen LogP contribution in [-0.4, -0.2) is 6.10 Å². The van der Waals surface area contributed by atoms with Crippen molar-refractivity contribution in [1.29, 1.82) is 0 Å². The summed E-state index contributed by atoms with van der Waals surface area (Å²) in [6.07, 6.45) is 5.42. The molecule has 1 N–H and O–H groups in total. The quantitative estimate of drug-likeness (QED) is 0.822. The van der Waals surface area contributed by atoms with Gasteiger partial charge in [-0.3, -0.25) is 4.84 Å². The molecule has 18 heavy (non-hydrogen) atoms. The highest BCUT2D eigenvalue weighted by atomic mass is 16.7. The van der Waals surface area contributed by atoms with Crippen LogP contribution in [0.25, 0.3) is 10.8 Å². The molecule has 0 spiro atoms. The fourth-order valence-electron chi connectivity index (χ4n) is 2.69. The summed E-state index contributed by atoms with van der Waals surface area (Å²) in [6.45, 7) is 0.776. The summed E-state index contributed by atoms with van der Waals surface area (Å²) in [5, 5.41) is 2.60. The van der Waals surface area contributed by atoms with Crippen LogP contribution in [0.15, 0.2) is 42.5 Å². The molecule has 2 nitrogen and oxygen atoms in total. The van der Waals surface area contributed by atoms with E-state index in [1.165, 1.54) is 42.0 Å². The highest BCUT2D eigenvalue weighted by Gasteiger charge is 2.15. The maximum atomic E-state index is 5.71. The first-order valence-electron chi connectivity index (χ1n) is 6.78. The van der Waals surface area contributed by atoms with Crippen LogP contribution in [0.1, 0.15) is 31.2 Å². The van der Waals surface area contributed by atoms with E-state index >= 15 is 0 Å². The lowest BCUT2D eigenvalue weighted by Gasteiger charge is -2.12. The van der Waals surface area contributed by atoms with Crippen LogP contribution >= 0.6 is 0 Å². The molecule has 1 fully saturated rings. The van der Waals surface area contributed by atoms with Crippen molar-refractivity contribution in [3.8, 4) is 0 Å². The predicted molar refractivity (Wildman–Crippen MR) is 74.1 cm³/mol. The fraction of sp³-hybridized carbons (Fsp3) is 0.375. The SMILES string of the molecule is c1ccc2c(CNOC3CCCC3)cccc2c1. The predicted octanol–water partition coefficient (Wildman–Crippen LogP) is 3.80. The molecule has 0 radical (unpaired) electrons. The summed E-state index contributed by atoms with van der Waals surface area (Å²) in [5.41, 5.74) is 4.43. The van der Waals surface area contributed by atoms with Crippen molar-refractivity contribution >= 4 is 10.8 Å². The zero-order valence-corrected chi connectivity index (χ0v) is 10.6. The molecule has 3 rings (SSSR count). The largest absolute Gasteiger partial charge is 0.298 e. The van der Waals surface area contributed by atoms with E-state index in [4.69, 9.17) is 4.84 Å². The molecule has 94 valence electrons. The molecule has 0 aromatic heterocycles. The Morgan fingerprint density at radius 2 is 1.78 bits per heavy atom. The summed E-state index contributed by atoms with van der Waals surface area (Å²) in [6, 6.07) is 14.9. The van der Waals surface area contributed by atoms with Gasteiger partial charge in [-0.25, -0.2) is 0 Å². The molecule has 0 amide bonds. The van der Waals surface area contributed by atoms with Crippen LogP contribution < -0.4 is 5.48 Å². The van der Waals surface area contributed by atoms with Crippen molar-refractivity contribution in [2.45, 2.75) is 38.3 Å². The highest BCUT2D eigenvalue weighted by Crippen LogP contribution is 2.21. The van der Waals surface area contributed by atoms with Crippen molar-refractivity contribution in [2.75, 3.05) is 0 Å². The lowest BCUT2D eigenvalue weighted by atomic mass is 10.1. The number of fused-ring (bicyclic) bond motifs is 1. The molecule has 2 aromatic rings. The van der Waals surface area contributed by atoms with Crippen LogP contribution in [0.5, 0.6) is 0 Å². The van der Waals surface area contributed by atoms with Gasteiger partial charge < -0.3 is 0 Å². The van der Waals surface area contributed by atoms with Gasteiger partial charge in [-0.1, -0.05) is 55.3 Å². The van der Waals surface area contributed by atoms with Crippen LogP contribution in [0.2, 0.25) is 0 Å². The maximum Gasteiger partial charge on any atom is 0.0790 e. The van der Waals surface area contributed by atoms with E-state index < -0.39 is 0 Å². The first-order chi connectivity index (χ1) is 8.93. The van der Waals surface area contributed by atoms with Crippen LogP contribution in [0, 0.1) is 0 Å². The van der Waals surface area contributed by atoms with E-state index in [0.717, 1.165) is 6.54 Å². The van der Waals surface area contributed by atoms with Gasteiger partial charge >= 0.3 is 0 Å². The van der Waals surface area contributed by atoms with Gasteiger partial charge in [0.2, 0.25) is 0 Å². The zero-order chi connectivity index (χ0) is 12.2.